The Morgan fingerprint density at radius 2 is 2.10 bits per heavy atom. The Bertz CT molecular complexity index is 459. The standard InChI is InChI=1S/C15H21FN2O2/c1-20-13-7-5-6-12(15(13)16)10-17-11-14(19)18-8-3-2-4-9-18/h5-7,17H,2-4,8-11H2,1H3. The summed E-state index contributed by atoms with van der Waals surface area (Å²) in [5, 5.41) is 3.00. The molecule has 0 bridgehead atoms. The van der Waals surface area contributed by atoms with Gasteiger partial charge in [-0.3, -0.25) is 4.79 Å². The smallest absolute Gasteiger partial charge is 0.236 e. The van der Waals surface area contributed by atoms with Gasteiger partial charge in [-0.05, 0) is 25.3 Å². The molecule has 1 aliphatic heterocycles. The first-order chi connectivity index (χ1) is 9.72. The lowest BCUT2D eigenvalue weighted by molar-refractivity contribution is -0.131. The summed E-state index contributed by atoms with van der Waals surface area (Å²) in [6.45, 7) is 2.25. The van der Waals surface area contributed by atoms with Crippen LogP contribution in [0.25, 0.3) is 0 Å². The summed E-state index contributed by atoms with van der Waals surface area (Å²) in [4.78, 5) is 13.8. The topological polar surface area (TPSA) is 41.6 Å². The summed E-state index contributed by atoms with van der Waals surface area (Å²) < 4.78 is 18.8. The summed E-state index contributed by atoms with van der Waals surface area (Å²) in [6, 6.07) is 5.01. The van der Waals surface area contributed by atoms with Gasteiger partial charge in [0.1, 0.15) is 0 Å². The first-order valence-electron chi connectivity index (χ1n) is 7.02. The highest BCUT2D eigenvalue weighted by Crippen LogP contribution is 2.19. The van der Waals surface area contributed by atoms with Crippen molar-refractivity contribution in [2.24, 2.45) is 0 Å². The zero-order valence-corrected chi connectivity index (χ0v) is 11.8. The van der Waals surface area contributed by atoms with E-state index in [9.17, 15) is 9.18 Å². The van der Waals surface area contributed by atoms with Crippen LogP contribution >= 0.6 is 0 Å². The monoisotopic (exact) mass is 280 g/mol. The van der Waals surface area contributed by atoms with Crippen molar-refractivity contribution in [1.82, 2.24) is 10.2 Å². The fourth-order valence-electron chi connectivity index (χ4n) is 2.41. The van der Waals surface area contributed by atoms with Crippen LogP contribution in [0.1, 0.15) is 24.8 Å². The third kappa shape index (κ3) is 3.70. The highest BCUT2D eigenvalue weighted by atomic mass is 19.1. The molecule has 1 saturated heterocycles. The molecule has 0 aliphatic carbocycles. The van der Waals surface area contributed by atoms with Gasteiger partial charge in [0.05, 0.1) is 13.7 Å². The van der Waals surface area contributed by atoms with Gasteiger partial charge in [-0.15, -0.1) is 0 Å². The van der Waals surface area contributed by atoms with Crippen LogP contribution in [0.3, 0.4) is 0 Å². The van der Waals surface area contributed by atoms with Crippen molar-refractivity contribution in [2.45, 2.75) is 25.8 Å². The van der Waals surface area contributed by atoms with E-state index in [0.717, 1.165) is 25.9 Å². The zero-order chi connectivity index (χ0) is 14.4. The van der Waals surface area contributed by atoms with Gasteiger partial charge >= 0.3 is 0 Å². The maximum atomic E-state index is 13.9. The summed E-state index contributed by atoms with van der Waals surface area (Å²) >= 11 is 0. The van der Waals surface area contributed by atoms with E-state index < -0.39 is 0 Å². The fourth-order valence-corrected chi connectivity index (χ4v) is 2.41. The lowest BCUT2D eigenvalue weighted by Gasteiger charge is -2.26. The Morgan fingerprint density at radius 3 is 2.80 bits per heavy atom. The van der Waals surface area contributed by atoms with Gasteiger partial charge in [0.15, 0.2) is 11.6 Å². The molecular weight excluding hydrogens is 259 g/mol. The molecule has 0 atom stereocenters. The molecule has 0 saturated carbocycles. The van der Waals surface area contributed by atoms with Gasteiger partial charge in [0, 0.05) is 25.2 Å². The molecule has 5 heteroatoms. The van der Waals surface area contributed by atoms with Gasteiger partial charge in [-0.1, -0.05) is 12.1 Å². The second kappa shape index (κ2) is 7.24. The number of nitrogens with zero attached hydrogens (tertiary/aromatic N) is 1. The molecule has 0 radical (unpaired) electrons. The first kappa shape index (κ1) is 14.8. The number of carbonyl (C=O) groups excluding carboxylic acids is 1. The van der Waals surface area contributed by atoms with Crippen LogP contribution in [-0.2, 0) is 11.3 Å². The molecule has 1 heterocycles. The van der Waals surface area contributed by atoms with E-state index in [4.69, 9.17) is 4.74 Å². The quantitative estimate of drug-likeness (QED) is 0.896. The average molecular weight is 280 g/mol. The van der Waals surface area contributed by atoms with Crippen molar-refractivity contribution >= 4 is 5.91 Å². The third-order valence-corrected chi connectivity index (χ3v) is 3.56. The Kier molecular flexibility index (Phi) is 5.35. The van der Waals surface area contributed by atoms with Crippen molar-refractivity contribution in [3.8, 4) is 5.75 Å². The number of hydrogen-bond acceptors (Lipinski definition) is 3. The van der Waals surface area contributed by atoms with E-state index in [-0.39, 0.29) is 24.0 Å². The number of ether oxygens (including phenoxy) is 1. The van der Waals surface area contributed by atoms with E-state index in [1.165, 1.54) is 13.5 Å². The largest absolute Gasteiger partial charge is 0.494 e. The predicted octanol–water partition coefficient (Wildman–Crippen LogP) is 1.94. The number of methoxy groups -OCH3 is 1. The van der Waals surface area contributed by atoms with Gasteiger partial charge in [-0.2, -0.15) is 0 Å². The van der Waals surface area contributed by atoms with Crippen molar-refractivity contribution in [1.29, 1.82) is 0 Å². The average Bonchev–Trinajstić information content (AvgIpc) is 2.49. The lowest BCUT2D eigenvalue weighted by atomic mass is 10.1. The normalized spacial score (nSPS) is 15.2. The Morgan fingerprint density at radius 1 is 1.35 bits per heavy atom. The summed E-state index contributed by atoms with van der Waals surface area (Å²) in [5.41, 5.74) is 0.510. The van der Waals surface area contributed by atoms with Crippen LogP contribution < -0.4 is 10.1 Å². The molecule has 4 nitrogen and oxygen atoms in total. The Balaban J connectivity index is 1.82. The summed E-state index contributed by atoms with van der Waals surface area (Å²) in [5.74, 6) is -0.0485. The summed E-state index contributed by atoms with van der Waals surface area (Å²) in [7, 11) is 1.44. The van der Waals surface area contributed by atoms with Crippen molar-refractivity contribution in [3.05, 3.63) is 29.6 Å². The lowest BCUT2D eigenvalue weighted by Crippen LogP contribution is -2.41. The van der Waals surface area contributed by atoms with Crippen LogP contribution in [0.15, 0.2) is 18.2 Å². The molecular formula is C15H21FN2O2. The molecule has 1 aromatic carbocycles. The SMILES string of the molecule is COc1cccc(CNCC(=O)N2CCCCC2)c1F. The zero-order valence-electron chi connectivity index (χ0n) is 11.8. The highest BCUT2D eigenvalue weighted by Gasteiger charge is 2.16. The molecule has 20 heavy (non-hydrogen) atoms. The minimum Gasteiger partial charge on any atom is -0.494 e. The maximum absolute atomic E-state index is 13.9. The number of amides is 1. The number of piperidine rings is 1. The summed E-state index contributed by atoms with van der Waals surface area (Å²) in [6.07, 6.45) is 3.36. The molecule has 1 N–H and O–H groups in total. The second-order valence-corrected chi connectivity index (χ2v) is 4.98. The molecule has 0 unspecified atom stereocenters. The number of halogens is 1. The van der Waals surface area contributed by atoms with Gasteiger partial charge in [-0.25, -0.2) is 4.39 Å². The maximum Gasteiger partial charge on any atom is 0.236 e. The van der Waals surface area contributed by atoms with E-state index in [1.54, 1.807) is 18.2 Å². The molecule has 1 aromatic rings. The minimum absolute atomic E-state index is 0.0907. The van der Waals surface area contributed by atoms with E-state index in [1.807, 2.05) is 4.90 Å². The number of carbonyl (C=O) groups is 1. The number of hydrogen-bond donors (Lipinski definition) is 1. The van der Waals surface area contributed by atoms with E-state index >= 15 is 0 Å². The minimum atomic E-state index is -0.368. The first-order valence-corrected chi connectivity index (χ1v) is 7.02. The van der Waals surface area contributed by atoms with Crippen LogP contribution in [0.4, 0.5) is 4.39 Å². The van der Waals surface area contributed by atoms with E-state index in [2.05, 4.69) is 5.32 Å². The Hall–Kier alpha value is -1.62. The Labute approximate surface area is 118 Å². The van der Waals surface area contributed by atoms with Crippen LogP contribution in [0.5, 0.6) is 5.75 Å². The second-order valence-electron chi connectivity index (χ2n) is 4.98. The number of likely N-dealkylation sites (tertiary alicyclic amines) is 1. The van der Waals surface area contributed by atoms with Gasteiger partial charge in [0.2, 0.25) is 5.91 Å². The highest BCUT2D eigenvalue weighted by molar-refractivity contribution is 5.78. The van der Waals surface area contributed by atoms with Crippen molar-refractivity contribution in [2.75, 3.05) is 26.7 Å². The number of rotatable bonds is 5. The number of benzene rings is 1. The van der Waals surface area contributed by atoms with Crippen LogP contribution in [0, 0.1) is 5.82 Å². The molecule has 110 valence electrons. The third-order valence-electron chi connectivity index (χ3n) is 3.56. The molecule has 2 rings (SSSR count). The van der Waals surface area contributed by atoms with Crippen molar-refractivity contribution in [3.63, 3.8) is 0 Å². The van der Waals surface area contributed by atoms with Crippen LogP contribution in [-0.4, -0.2) is 37.6 Å². The number of nitrogens with one attached hydrogen (secondary N) is 1. The van der Waals surface area contributed by atoms with Gasteiger partial charge < -0.3 is 15.0 Å². The molecule has 1 aliphatic rings. The predicted molar refractivity (Wildman–Crippen MR) is 75.1 cm³/mol. The molecule has 0 aromatic heterocycles. The van der Waals surface area contributed by atoms with Crippen LogP contribution in [0.2, 0.25) is 0 Å². The van der Waals surface area contributed by atoms with Gasteiger partial charge in [0.25, 0.3) is 0 Å². The fraction of sp³-hybridized carbons (Fsp3) is 0.533. The molecule has 1 amide bonds. The van der Waals surface area contributed by atoms with E-state index in [0.29, 0.717) is 12.1 Å². The molecule has 1 fully saturated rings. The molecule has 0 spiro atoms. The van der Waals surface area contributed by atoms with Crippen molar-refractivity contribution < 1.29 is 13.9 Å².